The first-order valence-corrected chi connectivity index (χ1v) is 11.6. The molecule has 2 aliphatic rings. The molecule has 10 nitrogen and oxygen atoms in total. The Balaban J connectivity index is 1.34. The monoisotopic (exact) mass is 473 g/mol. The van der Waals surface area contributed by atoms with Crippen molar-refractivity contribution in [2.45, 2.75) is 44.8 Å². The van der Waals surface area contributed by atoms with Crippen molar-refractivity contribution >= 4 is 28.7 Å². The van der Waals surface area contributed by atoms with E-state index in [0.29, 0.717) is 30.6 Å². The molecule has 2 N–H and O–H groups in total. The summed E-state index contributed by atoms with van der Waals surface area (Å²) in [6.45, 7) is 3.03. The fourth-order valence-electron chi connectivity index (χ4n) is 5.46. The molecule has 1 aliphatic heterocycles. The maximum absolute atomic E-state index is 12.9. The van der Waals surface area contributed by atoms with Crippen molar-refractivity contribution in [3.05, 3.63) is 54.1 Å². The zero-order chi connectivity index (χ0) is 24.8. The number of hydrogen-bond acceptors (Lipinski definition) is 7. The van der Waals surface area contributed by atoms with Crippen LogP contribution in [0.3, 0.4) is 0 Å². The van der Waals surface area contributed by atoms with E-state index >= 15 is 0 Å². The Kier molecular flexibility index (Phi) is 5.35. The minimum absolute atomic E-state index is 0.184. The van der Waals surface area contributed by atoms with Crippen molar-refractivity contribution in [2.24, 2.45) is 18.2 Å². The normalized spacial score (nSPS) is 24.7. The molecule has 0 bridgehead atoms. The molecule has 0 unspecified atom stereocenters. The molecule has 2 amide bonds. The van der Waals surface area contributed by atoms with E-state index in [1.807, 2.05) is 12.1 Å². The molecule has 0 radical (unpaired) electrons. The average Bonchev–Trinajstić information content (AvgIpc) is 3.50. The summed E-state index contributed by atoms with van der Waals surface area (Å²) >= 11 is 0. The molecule has 1 saturated heterocycles. The fraction of sp³-hybridized carbons (Fsp3) is 0.400. The lowest BCUT2D eigenvalue weighted by molar-refractivity contribution is -0.123. The Hall–Kier alpha value is -4.13. The number of amides is 2. The number of benzene rings is 1. The lowest BCUT2D eigenvalue weighted by Crippen LogP contribution is -2.45. The van der Waals surface area contributed by atoms with Gasteiger partial charge in [0.05, 0.1) is 41.2 Å². The Labute approximate surface area is 202 Å². The summed E-state index contributed by atoms with van der Waals surface area (Å²) in [7, 11) is 1.76. The van der Waals surface area contributed by atoms with E-state index in [-0.39, 0.29) is 17.7 Å². The van der Waals surface area contributed by atoms with Crippen molar-refractivity contribution < 1.29 is 14.3 Å². The van der Waals surface area contributed by atoms with E-state index in [4.69, 9.17) is 10.5 Å². The van der Waals surface area contributed by atoms with Crippen LogP contribution < -0.4 is 5.73 Å². The minimum Gasteiger partial charge on any atom is -0.441 e. The van der Waals surface area contributed by atoms with Crippen molar-refractivity contribution in [3.8, 4) is 6.07 Å². The number of fused-ring (bicyclic) bond motifs is 1. The lowest BCUT2D eigenvalue weighted by Gasteiger charge is -2.43. The molecule has 1 aliphatic carbocycles. The maximum Gasteiger partial charge on any atom is 0.417 e. The second-order valence-electron chi connectivity index (χ2n) is 9.98. The number of hydrogen-bond donors (Lipinski definition) is 1. The second-order valence-corrected chi connectivity index (χ2v) is 9.98. The summed E-state index contributed by atoms with van der Waals surface area (Å²) in [5.74, 6) is -0.507. The molecule has 2 atom stereocenters. The van der Waals surface area contributed by atoms with Gasteiger partial charge in [-0.1, -0.05) is 6.92 Å². The van der Waals surface area contributed by atoms with Crippen molar-refractivity contribution in [1.82, 2.24) is 24.2 Å². The van der Waals surface area contributed by atoms with Gasteiger partial charge in [-0.05, 0) is 55.4 Å². The Morgan fingerprint density at radius 3 is 2.91 bits per heavy atom. The Morgan fingerprint density at radius 2 is 2.17 bits per heavy atom. The molecule has 5 rings (SSSR count). The van der Waals surface area contributed by atoms with E-state index in [0.717, 1.165) is 28.8 Å². The van der Waals surface area contributed by atoms with Crippen LogP contribution in [-0.4, -0.2) is 48.4 Å². The summed E-state index contributed by atoms with van der Waals surface area (Å²) in [6, 6.07) is 9.34. The van der Waals surface area contributed by atoms with Crippen LogP contribution in [0.15, 0.2) is 42.9 Å². The summed E-state index contributed by atoms with van der Waals surface area (Å²) in [5, 5.41) is 13.5. The number of imidazole rings is 1. The van der Waals surface area contributed by atoms with Crippen LogP contribution in [0.4, 0.5) is 4.79 Å². The van der Waals surface area contributed by atoms with Crippen molar-refractivity contribution in [3.63, 3.8) is 0 Å². The highest BCUT2D eigenvalue weighted by atomic mass is 16.6. The van der Waals surface area contributed by atoms with Crippen LogP contribution in [0.5, 0.6) is 0 Å². The van der Waals surface area contributed by atoms with Crippen LogP contribution in [-0.2, 0) is 23.1 Å². The molecule has 1 saturated carbocycles. The second kappa shape index (κ2) is 8.27. The zero-order valence-corrected chi connectivity index (χ0v) is 19.8. The van der Waals surface area contributed by atoms with Gasteiger partial charge in [-0.15, -0.1) is 0 Å². The lowest BCUT2D eigenvalue weighted by atomic mass is 9.68. The van der Waals surface area contributed by atoms with E-state index < -0.39 is 17.6 Å². The number of nitrogens with two attached hydrogens (primary N) is 1. The molecule has 2 fully saturated rings. The molecule has 35 heavy (non-hydrogen) atoms. The van der Waals surface area contributed by atoms with Crippen molar-refractivity contribution in [1.29, 1.82) is 5.26 Å². The highest BCUT2D eigenvalue weighted by molar-refractivity contribution is 6.03. The number of aryl methyl sites for hydroxylation is 1. The molecular formula is C25H27N7O3. The first-order chi connectivity index (χ1) is 16.7. The molecule has 2 aromatic heterocycles. The number of nitriles is 1. The van der Waals surface area contributed by atoms with Crippen molar-refractivity contribution in [2.75, 3.05) is 6.54 Å². The van der Waals surface area contributed by atoms with Gasteiger partial charge in [0.15, 0.2) is 0 Å². The quantitative estimate of drug-likeness (QED) is 0.576. The first kappa shape index (κ1) is 22.7. The summed E-state index contributed by atoms with van der Waals surface area (Å²) in [4.78, 5) is 31.2. The van der Waals surface area contributed by atoms with E-state index in [9.17, 15) is 14.9 Å². The van der Waals surface area contributed by atoms with Gasteiger partial charge < -0.3 is 15.0 Å². The van der Waals surface area contributed by atoms with Gasteiger partial charge in [-0.2, -0.15) is 10.4 Å². The molecule has 3 heterocycles. The van der Waals surface area contributed by atoms with Crippen LogP contribution >= 0.6 is 0 Å². The Bertz CT molecular complexity index is 1400. The van der Waals surface area contributed by atoms with Crippen LogP contribution in [0.2, 0.25) is 0 Å². The summed E-state index contributed by atoms with van der Waals surface area (Å²) in [6.07, 6.45) is 7.24. The third kappa shape index (κ3) is 4.25. The summed E-state index contributed by atoms with van der Waals surface area (Å²) < 4.78 is 9.51. The van der Waals surface area contributed by atoms with Crippen LogP contribution in [0.1, 0.15) is 43.9 Å². The highest BCUT2D eigenvalue weighted by Crippen LogP contribution is 2.47. The van der Waals surface area contributed by atoms with Crippen LogP contribution in [0, 0.1) is 16.7 Å². The zero-order valence-electron chi connectivity index (χ0n) is 19.8. The molecule has 180 valence electrons. The average molecular weight is 474 g/mol. The van der Waals surface area contributed by atoms with E-state index in [1.165, 1.54) is 6.08 Å². The molecular weight excluding hydrogens is 446 g/mol. The van der Waals surface area contributed by atoms with E-state index in [2.05, 4.69) is 27.6 Å². The van der Waals surface area contributed by atoms with Gasteiger partial charge in [0, 0.05) is 25.9 Å². The minimum atomic E-state index is -0.735. The predicted molar refractivity (Wildman–Crippen MR) is 127 cm³/mol. The van der Waals surface area contributed by atoms with Gasteiger partial charge in [-0.25, -0.2) is 14.7 Å². The predicted octanol–water partition coefficient (Wildman–Crippen LogP) is 2.94. The standard InChI is InChI=1S/C25H27N7O3/c1-24(14-31-16-28-20-5-4-17(12-26)10-21(20)31)7-3-8-25(13-24)15-32(23(34)35-25)22(33)11-18(27)19-6-9-30(2)29-19/h4-6,9-11,16H,3,7-8,13-15,27H2,1-2H3/t24-,25-/m0/s1. The highest BCUT2D eigenvalue weighted by Gasteiger charge is 2.52. The first-order valence-electron chi connectivity index (χ1n) is 11.6. The largest absolute Gasteiger partial charge is 0.441 e. The van der Waals surface area contributed by atoms with Gasteiger partial charge in [0.2, 0.25) is 0 Å². The smallest absolute Gasteiger partial charge is 0.417 e. The number of nitrogens with zero attached hydrogens (tertiary/aromatic N) is 6. The Morgan fingerprint density at radius 1 is 1.34 bits per heavy atom. The third-order valence-corrected chi connectivity index (χ3v) is 6.99. The maximum atomic E-state index is 12.9. The molecule has 1 spiro atoms. The summed E-state index contributed by atoms with van der Waals surface area (Å²) in [5.41, 5.74) is 8.10. The number of aromatic nitrogens is 4. The number of ether oxygens (including phenoxy) is 1. The van der Waals surface area contributed by atoms with Gasteiger partial charge in [0.25, 0.3) is 5.91 Å². The van der Waals surface area contributed by atoms with E-state index in [1.54, 1.807) is 36.4 Å². The molecule has 3 aromatic rings. The SMILES string of the molecule is Cn1ccc(C(N)=CC(=O)N2C[C@@]3(CCC[C@](C)(Cn4cnc5ccc(C#N)cc54)C3)OC2=O)n1. The number of carbonyl (C=O) groups is 2. The number of carbonyl (C=O) groups excluding carboxylic acids is 2. The fourth-order valence-corrected chi connectivity index (χ4v) is 5.46. The molecule has 1 aromatic carbocycles. The number of rotatable bonds is 4. The topological polar surface area (TPSA) is 132 Å². The third-order valence-electron chi connectivity index (χ3n) is 6.99. The van der Waals surface area contributed by atoms with Gasteiger partial charge >= 0.3 is 6.09 Å². The molecule has 10 heteroatoms. The number of imide groups is 1. The van der Waals surface area contributed by atoms with Crippen LogP contribution in [0.25, 0.3) is 16.7 Å². The van der Waals surface area contributed by atoms with Gasteiger partial charge in [-0.3, -0.25) is 9.48 Å². The van der Waals surface area contributed by atoms with Gasteiger partial charge in [0.1, 0.15) is 11.3 Å².